The van der Waals surface area contributed by atoms with Gasteiger partial charge in [0.2, 0.25) is 0 Å². The van der Waals surface area contributed by atoms with Gasteiger partial charge in [0.25, 0.3) is 0 Å². The van der Waals surface area contributed by atoms with E-state index in [1.54, 1.807) is 11.8 Å². The van der Waals surface area contributed by atoms with Crippen LogP contribution in [0.5, 0.6) is 5.75 Å². The van der Waals surface area contributed by atoms with Crippen molar-refractivity contribution in [1.29, 1.82) is 0 Å². The number of nitrogens with zero attached hydrogens (tertiary/aromatic N) is 1. The minimum Gasteiger partial charge on any atom is -0.494 e. The quantitative estimate of drug-likeness (QED) is 0.641. The molecule has 0 aliphatic heterocycles. The Bertz CT molecular complexity index is 515. The predicted molar refractivity (Wildman–Crippen MR) is 80.9 cm³/mol. The average molecular weight is 329 g/mol. The number of fused-ring (bicyclic) bond motifs is 1. The fraction of sp³-hybridized carbons (Fsp3) is 0.462. The Labute approximate surface area is 120 Å². The van der Waals surface area contributed by atoms with Crippen LogP contribution in [0.4, 0.5) is 0 Å². The summed E-state index contributed by atoms with van der Waals surface area (Å²) in [6.07, 6.45) is 0. The van der Waals surface area contributed by atoms with E-state index in [1.807, 2.05) is 25.1 Å². The van der Waals surface area contributed by atoms with E-state index in [9.17, 15) is 0 Å². The summed E-state index contributed by atoms with van der Waals surface area (Å²) in [4.78, 5) is 7.89. The zero-order valence-corrected chi connectivity index (χ0v) is 13.0. The van der Waals surface area contributed by atoms with E-state index in [0.29, 0.717) is 12.5 Å². The number of benzene rings is 1. The summed E-state index contributed by atoms with van der Waals surface area (Å²) in [7, 11) is 0. The van der Waals surface area contributed by atoms with Crippen molar-refractivity contribution in [2.45, 2.75) is 19.0 Å². The van der Waals surface area contributed by atoms with Gasteiger partial charge in [0, 0.05) is 17.1 Å². The highest BCUT2D eigenvalue weighted by Gasteiger charge is 2.07. The molecule has 0 fully saturated rings. The molecule has 0 amide bonds. The lowest BCUT2D eigenvalue weighted by molar-refractivity contribution is 0.340. The number of halogens is 1. The number of H-pyrrole nitrogens is 1. The summed E-state index contributed by atoms with van der Waals surface area (Å²) in [6, 6.07) is 5.96. The van der Waals surface area contributed by atoms with E-state index in [2.05, 4.69) is 32.8 Å². The van der Waals surface area contributed by atoms with E-state index in [0.717, 1.165) is 33.0 Å². The number of aromatic amines is 1. The molecule has 1 aromatic carbocycles. The fourth-order valence-electron chi connectivity index (χ4n) is 1.56. The first-order valence-electron chi connectivity index (χ1n) is 6.04. The molecule has 1 atom stereocenters. The largest absolute Gasteiger partial charge is 0.494 e. The number of hydrogen-bond donors (Lipinski definition) is 1. The van der Waals surface area contributed by atoms with Crippen molar-refractivity contribution < 1.29 is 4.74 Å². The van der Waals surface area contributed by atoms with Crippen LogP contribution >= 0.6 is 27.7 Å². The third kappa shape index (κ3) is 3.42. The first kappa shape index (κ1) is 13.7. The topological polar surface area (TPSA) is 37.9 Å². The van der Waals surface area contributed by atoms with Gasteiger partial charge < -0.3 is 9.72 Å². The normalized spacial score (nSPS) is 12.8. The Morgan fingerprint density at radius 2 is 2.33 bits per heavy atom. The van der Waals surface area contributed by atoms with E-state index in [-0.39, 0.29) is 0 Å². The summed E-state index contributed by atoms with van der Waals surface area (Å²) in [5.41, 5.74) is 2.03. The zero-order chi connectivity index (χ0) is 13.0. The summed E-state index contributed by atoms with van der Waals surface area (Å²) in [5, 5.41) is 2.00. The van der Waals surface area contributed by atoms with Gasteiger partial charge in [-0.05, 0) is 25.0 Å². The number of thioether (sulfide) groups is 1. The molecule has 0 bridgehead atoms. The first-order valence-corrected chi connectivity index (χ1v) is 8.15. The molecule has 98 valence electrons. The maximum Gasteiger partial charge on any atom is 0.166 e. The lowest BCUT2D eigenvalue weighted by atomic mass is 10.3. The van der Waals surface area contributed by atoms with E-state index in [4.69, 9.17) is 4.74 Å². The second kappa shape index (κ2) is 6.48. The monoisotopic (exact) mass is 328 g/mol. The molecular weight excluding hydrogens is 312 g/mol. The molecule has 5 heteroatoms. The van der Waals surface area contributed by atoms with Gasteiger partial charge in [0.05, 0.1) is 17.6 Å². The third-order valence-electron chi connectivity index (χ3n) is 2.51. The molecule has 18 heavy (non-hydrogen) atoms. The van der Waals surface area contributed by atoms with Gasteiger partial charge in [0.1, 0.15) is 5.75 Å². The molecule has 0 spiro atoms. The van der Waals surface area contributed by atoms with E-state index in [1.165, 1.54) is 0 Å². The maximum atomic E-state index is 5.48. The molecule has 1 aromatic heterocycles. The highest BCUT2D eigenvalue weighted by Crippen LogP contribution is 2.24. The molecule has 1 N–H and O–H groups in total. The van der Waals surface area contributed by atoms with Gasteiger partial charge in [-0.15, -0.1) is 0 Å². The smallest absolute Gasteiger partial charge is 0.166 e. The summed E-state index contributed by atoms with van der Waals surface area (Å²) < 4.78 is 5.48. The van der Waals surface area contributed by atoms with Crippen LogP contribution in [0.2, 0.25) is 0 Å². The molecule has 0 saturated heterocycles. The van der Waals surface area contributed by atoms with Crippen LogP contribution in [-0.2, 0) is 0 Å². The predicted octanol–water partition coefficient (Wildman–Crippen LogP) is 4.08. The van der Waals surface area contributed by atoms with Crippen molar-refractivity contribution in [1.82, 2.24) is 9.97 Å². The third-order valence-corrected chi connectivity index (χ3v) is 4.82. The lowest BCUT2D eigenvalue weighted by Crippen LogP contribution is -1.98. The number of hydrogen-bond acceptors (Lipinski definition) is 3. The average Bonchev–Trinajstić information content (AvgIpc) is 2.78. The number of aromatic nitrogens is 2. The van der Waals surface area contributed by atoms with Crippen molar-refractivity contribution >= 4 is 38.7 Å². The molecule has 0 radical (unpaired) electrons. The second-order valence-electron chi connectivity index (χ2n) is 4.22. The molecule has 0 saturated carbocycles. The summed E-state index contributed by atoms with van der Waals surface area (Å²) >= 11 is 5.25. The van der Waals surface area contributed by atoms with Crippen LogP contribution in [-0.4, -0.2) is 27.7 Å². The van der Waals surface area contributed by atoms with Gasteiger partial charge in [-0.2, -0.15) is 0 Å². The Hall–Kier alpha value is -0.680. The van der Waals surface area contributed by atoms with Crippen molar-refractivity contribution in [2.24, 2.45) is 5.92 Å². The van der Waals surface area contributed by atoms with Crippen LogP contribution in [0.25, 0.3) is 11.0 Å². The number of alkyl halides is 1. The Morgan fingerprint density at radius 1 is 1.50 bits per heavy atom. The van der Waals surface area contributed by atoms with Crippen LogP contribution in [0, 0.1) is 5.92 Å². The number of nitrogens with one attached hydrogen (secondary N) is 1. The molecule has 0 aliphatic rings. The first-order chi connectivity index (χ1) is 8.72. The van der Waals surface area contributed by atoms with Gasteiger partial charge in [-0.25, -0.2) is 4.98 Å². The standard InChI is InChI=1S/C13H17BrN2OS/c1-3-17-10-4-5-11-12(6-10)16-13(15-11)18-8-9(2)7-14/h4-6,9H,3,7-8H2,1-2H3,(H,15,16). The second-order valence-corrected chi connectivity index (χ2v) is 5.88. The zero-order valence-electron chi connectivity index (χ0n) is 10.6. The van der Waals surface area contributed by atoms with Crippen LogP contribution in [0.3, 0.4) is 0 Å². The van der Waals surface area contributed by atoms with Crippen LogP contribution in [0.15, 0.2) is 23.4 Å². The number of rotatable bonds is 6. The fourth-order valence-corrected chi connectivity index (χ4v) is 2.99. The van der Waals surface area contributed by atoms with Gasteiger partial charge >= 0.3 is 0 Å². The lowest BCUT2D eigenvalue weighted by Gasteiger charge is -2.03. The molecule has 1 unspecified atom stereocenters. The molecule has 3 nitrogen and oxygen atoms in total. The van der Waals surface area contributed by atoms with Gasteiger partial charge in [-0.1, -0.05) is 34.6 Å². The van der Waals surface area contributed by atoms with Gasteiger partial charge in [0.15, 0.2) is 5.16 Å². The highest BCUT2D eigenvalue weighted by atomic mass is 79.9. The molecule has 1 heterocycles. The van der Waals surface area contributed by atoms with Crippen molar-refractivity contribution in [3.05, 3.63) is 18.2 Å². The number of ether oxygens (including phenoxy) is 1. The van der Waals surface area contributed by atoms with Crippen LogP contribution < -0.4 is 4.74 Å². The summed E-state index contributed by atoms with van der Waals surface area (Å²) in [6.45, 7) is 4.89. The molecule has 0 aliphatic carbocycles. The molecule has 2 rings (SSSR count). The number of imidazole rings is 1. The SMILES string of the molecule is CCOc1ccc2nc(SCC(C)CBr)[nH]c2c1. The van der Waals surface area contributed by atoms with Gasteiger partial charge in [-0.3, -0.25) is 0 Å². The van der Waals surface area contributed by atoms with Crippen molar-refractivity contribution in [2.75, 3.05) is 17.7 Å². The Kier molecular flexibility index (Phi) is 4.95. The van der Waals surface area contributed by atoms with Crippen molar-refractivity contribution in [3.63, 3.8) is 0 Å². The van der Waals surface area contributed by atoms with E-state index < -0.39 is 0 Å². The van der Waals surface area contributed by atoms with Crippen LogP contribution in [0.1, 0.15) is 13.8 Å². The highest BCUT2D eigenvalue weighted by molar-refractivity contribution is 9.09. The Morgan fingerprint density at radius 3 is 3.06 bits per heavy atom. The molecular formula is C13H17BrN2OS. The Balaban J connectivity index is 2.11. The molecule has 2 aromatic rings. The van der Waals surface area contributed by atoms with E-state index >= 15 is 0 Å². The summed E-state index contributed by atoms with van der Waals surface area (Å²) in [5.74, 6) is 2.59. The maximum absolute atomic E-state index is 5.48. The minimum atomic E-state index is 0.641. The van der Waals surface area contributed by atoms with Crippen molar-refractivity contribution in [3.8, 4) is 5.75 Å². The minimum absolute atomic E-state index is 0.641.